The minimum atomic E-state index is -5.04. The molecule has 26 heteroatoms. The number of benzene rings is 8. The van der Waals surface area contributed by atoms with Crippen molar-refractivity contribution in [3.8, 4) is 51.4 Å². The molecule has 0 saturated heterocycles. The highest BCUT2D eigenvalue weighted by Crippen LogP contribution is 2.40. The van der Waals surface area contributed by atoms with Gasteiger partial charge < -0.3 is 18.9 Å². The maximum absolute atomic E-state index is 14.0. The molecule has 0 atom stereocenters. The van der Waals surface area contributed by atoms with Crippen molar-refractivity contribution in [1.29, 1.82) is 0 Å². The molecule has 0 spiro atoms. The quantitative estimate of drug-likeness (QED) is 0.0212. The first kappa shape index (κ1) is 56.3. The number of hydrogen-bond donors (Lipinski definition) is 4. The van der Waals surface area contributed by atoms with Crippen LogP contribution in [0.5, 0.6) is 40.2 Å². The number of methoxy groups -OCH3 is 1. The molecule has 0 aliphatic carbocycles. The number of hydrogen-bond acceptors (Lipinski definition) is 20. The number of aryl methyl sites for hydroxylation is 1. The predicted molar refractivity (Wildman–Crippen MR) is 277 cm³/mol. The van der Waals surface area contributed by atoms with Crippen LogP contribution in [-0.4, -0.2) is 60.4 Å². The van der Waals surface area contributed by atoms with Crippen molar-refractivity contribution in [1.82, 2.24) is 0 Å². The van der Waals surface area contributed by atoms with E-state index in [9.17, 15) is 42.8 Å². The van der Waals surface area contributed by atoms with Gasteiger partial charge in [-0.1, -0.05) is 64.7 Å². The fraction of sp³-hybridized carbons (Fsp3) is 0.0588. The Labute approximate surface area is 449 Å². The van der Waals surface area contributed by atoms with Crippen molar-refractivity contribution >= 4 is 64.0 Å². The molecular formula is C51H40O20S6. The lowest BCUT2D eigenvalue weighted by molar-refractivity contribution is -0.432. The Bertz CT molecular complexity index is 3900. The van der Waals surface area contributed by atoms with Gasteiger partial charge in [0.1, 0.15) is 50.0 Å². The molecule has 0 amide bonds. The van der Waals surface area contributed by atoms with E-state index < -0.39 is 59.5 Å². The Morgan fingerprint density at radius 3 is 1.18 bits per heavy atom. The minimum absolute atomic E-state index is 0.0144. The third-order valence-corrected chi connectivity index (χ3v) is 17.9. The van der Waals surface area contributed by atoms with Crippen molar-refractivity contribution < 1.29 is 91.0 Å². The predicted octanol–water partition coefficient (Wildman–Crippen LogP) is 11.7. The van der Waals surface area contributed by atoms with Gasteiger partial charge in [-0.05, 0) is 156 Å². The van der Waals surface area contributed by atoms with Crippen LogP contribution >= 0.6 is 24.1 Å². The fourth-order valence-corrected chi connectivity index (χ4v) is 12.5. The molecule has 0 aliphatic heterocycles. The Balaban J connectivity index is 0.957. The standard InChI is InChI=1S/C51H40O20S6/c1-32-3-20-41(28-48(32)72-70-68-52)74(54,55)43-22-26-47(51(30-43)77(61,62)63)67-40-18-10-36(11-19-40)35-8-16-39(17-9-35)65-45-24-21-42(29-49(45)73-71-69-53)75(56,57)44-23-25-46(50(31-44)76(58,59)60)66-38-14-6-34(7-15-38)27-33-4-12-37(64-2)13-5-33/h3-26,28-31,52-53H,27H2,1-2H3,(H,58,59,60)(H,61,62,63). The SMILES string of the molecule is COc1ccc(Cc2ccc(Oc3ccc(S(=O)(=O)c4ccc(Oc5ccc(-c6ccc(Oc7ccc(S(=O)(=O)c8ccc(C)c(SOOO)c8)cc7S(=O)(=O)O)cc6)cc5)c(SOOO)c4)cc3S(=O)(=O)O)cc2)cc1. The molecule has 77 heavy (non-hydrogen) atoms. The summed E-state index contributed by atoms with van der Waals surface area (Å²) < 4.78 is 158. The van der Waals surface area contributed by atoms with Crippen molar-refractivity contribution in [2.45, 2.75) is 52.5 Å². The Hall–Kier alpha value is -6.86. The van der Waals surface area contributed by atoms with Gasteiger partial charge in [-0.15, -0.1) is 8.67 Å². The molecule has 0 aliphatic rings. The molecule has 4 N–H and O–H groups in total. The third-order valence-electron chi connectivity index (χ3n) is 11.2. The summed E-state index contributed by atoms with van der Waals surface area (Å²) in [7, 11) is -17.4. The van der Waals surface area contributed by atoms with E-state index in [1.54, 1.807) is 74.7 Å². The first-order valence-corrected chi connectivity index (χ1v) is 29.2. The zero-order valence-electron chi connectivity index (χ0n) is 39.6. The normalized spacial score (nSPS) is 12.0. The molecule has 0 bridgehead atoms. The summed E-state index contributed by atoms with van der Waals surface area (Å²) in [5.74, 6) is 0.625. The van der Waals surface area contributed by atoms with E-state index >= 15 is 0 Å². The second-order valence-electron chi connectivity index (χ2n) is 16.2. The van der Waals surface area contributed by atoms with Crippen molar-refractivity contribution in [2.24, 2.45) is 0 Å². The number of rotatable bonds is 22. The van der Waals surface area contributed by atoms with Gasteiger partial charge in [0, 0.05) is 4.90 Å². The summed E-state index contributed by atoms with van der Waals surface area (Å²) >= 11 is 0.930. The topological polar surface area (TPSA) is 291 Å². The lowest BCUT2D eigenvalue weighted by Crippen LogP contribution is -2.07. The van der Waals surface area contributed by atoms with Gasteiger partial charge in [-0.3, -0.25) is 9.11 Å². The summed E-state index contributed by atoms with van der Waals surface area (Å²) in [6, 6.07) is 40.6. The summed E-state index contributed by atoms with van der Waals surface area (Å²) in [5, 5.41) is 24.8. The highest BCUT2D eigenvalue weighted by atomic mass is 32.2. The fourth-order valence-electron chi connectivity index (χ4n) is 7.37. The van der Waals surface area contributed by atoms with Crippen LogP contribution in [0.15, 0.2) is 209 Å². The molecule has 0 fully saturated rings. The second-order valence-corrected chi connectivity index (χ2v) is 24.3. The van der Waals surface area contributed by atoms with Crippen molar-refractivity contribution in [3.63, 3.8) is 0 Å². The average Bonchev–Trinajstić information content (AvgIpc) is 3.42. The monoisotopic (exact) mass is 1160 g/mol. The lowest BCUT2D eigenvalue weighted by atomic mass is 10.0. The zero-order chi connectivity index (χ0) is 55.1. The van der Waals surface area contributed by atoms with Crippen LogP contribution in [0.1, 0.15) is 16.7 Å². The molecule has 400 valence electrons. The van der Waals surface area contributed by atoms with E-state index in [-0.39, 0.29) is 54.1 Å². The molecule has 8 rings (SSSR count). The van der Waals surface area contributed by atoms with Gasteiger partial charge in [0.05, 0.1) is 55.7 Å². The number of ether oxygens (including phenoxy) is 4. The van der Waals surface area contributed by atoms with E-state index in [4.69, 9.17) is 29.5 Å². The largest absolute Gasteiger partial charge is 0.497 e. The summed E-state index contributed by atoms with van der Waals surface area (Å²) in [6.45, 7) is 1.65. The van der Waals surface area contributed by atoms with Crippen LogP contribution in [-0.2, 0) is 65.1 Å². The van der Waals surface area contributed by atoms with Gasteiger partial charge in [-0.2, -0.15) is 16.8 Å². The molecule has 0 heterocycles. The van der Waals surface area contributed by atoms with Crippen molar-refractivity contribution in [2.75, 3.05) is 7.11 Å². The van der Waals surface area contributed by atoms with E-state index in [2.05, 4.69) is 18.7 Å². The van der Waals surface area contributed by atoms with Crippen LogP contribution < -0.4 is 18.9 Å². The molecule has 0 radical (unpaired) electrons. The highest BCUT2D eigenvalue weighted by molar-refractivity contribution is 7.95. The molecule has 0 unspecified atom stereocenters. The average molecular weight is 1170 g/mol. The van der Waals surface area contributed by atoms with Crippen molar-refractivity contribution in [3.05, 3.63) is 187 Å². The van der Waals surface area contributed by atoms with Crippen LogP contribution in [0.2, 0.25) is 0 Å². The zero-order valence-corrected chi connectivity index (χ0v) is 44.5. The van der Waals surface area contributed by atoms with Gasteiger partial charge in [0.2, 0.25) is 19.7 Å². The van der Waals surface area contributed by atoms with Crippen LogP contribution in [0, 0.1) is 6.92 Å². The maximum Gasteiger partial charge on any atom is 0.298 e. The lowest BCUT2D eigenvalue weighted by Gasteiger charge is -2.14. The van der Waals surface area contributed by atoms with Gasteiger partial charge >= 0.3 is 0 Å². The van der Waals surface area contributed by atoms with Crippen LogP contribution in [0.4, 0.5) is 0 Å². The first-order valence-electron chi connectivity index (χ1n) is 21.9. The smallest absolute Gasteiger partial charge is 0.298 e. The summed E-state index contributed by atoms with van der Waals surface area (Å²) in [6.07, 6.45) is 0.584. The van der Waals surface area contributed by atoms with Crippen LogP contribution in [0.3, 0.4) is 0 Å². The van der Waals surface area contributed by atoms with E-state index in [0.29, 0.717) is 47.2 Å². The summed E-state index contributed by atoms with van der Waals surface area (Å²) in [5.41, 5.74) is 3.83. The maximum atomic E-state index is 14.0. The van der Waals surface area contributed by atoms with E-state index in [1.165, 1.54) is 42.5 Å². The van der Waals surface area contributed by atoms with Gasteiger partial charge in [0.25, 0.3) is 20.2 Å². The molecule has 20 nitrogen and oxygen atoms in total. The molecular weight excluding hydrogens is 1120 g/mol. The van der Waals surface area contributed by atoms with Gasteiger partial charge in [-0.25, -0.2) is 27.4 Å². The van der Waals surface area contributed by atoms with E-state index in [1.807, 2.05) is 24.3 Å². The van der Waals surface area contributed by atoms with E-state index in [0.717, 1.165) is 59.3 Å². The minimum Gasteiger partial charge on any atom is -0.497 e. The Morgan fingerprint density at radius 1 is 0.416 bits per heavy atom. The molecule has 8 aromatic carbocycles. The molecule has 0 saturated carbocycles. The number of sulfone groups is 2. The first-order chi connectivity index (χ1) is 36.7. The molecule has 0 aromatic heterocycles. The Kier molecular flexibility index (Phi) is 17.4. The third kappa shape index (κ3) is 13.6. The van der Waals surface area contributed by atoms with Gasteiger partial charge in [0.15, 0.2) is 0 Å². The Morgan fingerprint density at radius 2 is 0.766 bits per heavy atom. The highest BCUT2D eigenvalue weighted by Gasteiger charge is 2.28. The molecule has 8 aromatic rings. The summed E-state index contributed by atoms with van der Waals surface area (Å²) in [4.78, 5) is -2.99. The van der Waals surface area contributed by atoms with Crippen LogP contribution in [0.25, 0.3) is 11.1 Å². The second kappa shape index (κ2) is 23.8.